The van der Waals surface area contributed by atoms with E-state index < -0.39 is 0 Å². The molecule has 3 nitrogen and oxygen atoms in total. The van der Waals surface area contributed by atoms with Crippen LogP contribution < -0.4 is 5.73 Å². The summed E-state index contributed by atoms with van der Waals surface area (Å²) in [6.07, 6.45) is 3.74. The summed E-state index contributed by atoms with van der Waals surface area (Å²) in [6.45, 7) is 0.624. The third kappa shape index (κ3) is 2.37. The van der Waals surface area contributed by atoms with E-state index in [9.17, 15) is 0 Å². The zero-order valence-electron chi connectivity index (χ0n) is 10.1. The molecule has 0 spiro atoms. The van der Waals surface area contributed by atoms with Gasteiger partial charge in [0.25, 0.3) is 0 Å². The largest absolute Gasteiger partial charge is 0.398 e. The molecule has 1 aromatic carbocycles. The van der Waals surface area contributed by atoms with E-state index in [1.54, 1.807) is 17.5 Å². The second-order valence-corrected chi connectivity index (χ2v) is 5.52. The van der Waals surface area contributed by atoms with Crippen LogP contribution in [0.2, 0.25) is 5.02 Å². The van der Waals surface area contributed by atoms with Crippen molar-refractivity contribution >= 4 is 28.6 Å². The average Bonchev–Trinajstić information content (AvgIpc) is 3.04. The summed E-state index contributed by atoms with van der Waals surface area (Å²) in [5.41, 5.74) is 7.63. The molecule has 0 aliphatic carbocycles. The van der Waals surface area contributed by atoms with Crippen LogP contribution in [0.4, 0.5) is 5.69 Å². The summed E-state index contributed by atoms with van der Waals surface area (Å²) in [6, 6.07) is 9.65. The minimum absolute atomic E-state index is 0.624. The molecule has 0 aliphatic rings. The van der Waals surface area contributed by atoms with Crippen LogP contribution in [0.15, 0.2) is 48.1 Å². The predicted molar refractivity (Wildman–Crippen MR) is 80.5 cm³/mol. The van der Waals surface area contributed by atoms with Gasteiger partial charge in [0.1, 0.15) is 5.82 Å². The summed E-state index contributed by atoms with van der Waals surface area (Å²) in [5.74, 6) is 0.939. The Morgan fingerprint density at radius 1 is 1.26 bits per heavy atom. The van der Waals surface area contributed by atoms with E-state index in [2.05, 4.69) is 15.6 Å². The van der Waals surface area contributed by atoms with E-state index in [1.807, 2.05) is 35.8 Å². The zero-order chi connectivity index (χ0) is 13.2. The second-order valence-electron chi connectivity index (χ2n) is 4.16. The van der Waals surface area contributed by atoms with E-state index >= 15 is 0 Å². The topological polar surface area (TPSA) is 43.8 Å². The number of imidazole rings is 1. The summed E-state index contributed by atoms with van der Waals surface area (Å²) >= 11 is 7.88. The molecule has 0 unspecified atom stereocenters. The maximum atomic E-state index is 6.21. The quantitative estimate of drug-likeness (QED) is 0.743. The summed E-state index contributed by atoms with van der Waals surface area (Å²) < 4.78 is 2.06. The standard InChI is InChI=1S/C14H12ClN3S/c15-11-3-1-4-12(16)10(11)9-18-7-6-17-14(18)13-5-2-8-19-13/h1-8H,9,16H2. The van der Waals surface area contributed by atoms with Crippen LogP contribution in [0.1, 0.15) is 5.56 Å². The van der Waals surface area contributed by atoms with Crippen molar-refractivity contribution in [3.8, 4) is 10.7 Å². The van der Waals surface area contributed by atoms with Gasteiger partial charge >= 0.3 is 0 Å². The molecular weight excluding hydrogens is 278 g/mol. The Hall–Kier alpha value is -1.78. The fourth-order valence-electron chi connectivity index (χ4n) is 1.98. The third-order valence-corrected chi connectivity index (χ3v) is 4.16. The number of anilines is 1. The van der Waals surface area contributed by atoms with Gasteiger partial charge in [-0.25, -0.2) is 4.98 Å². The molecular formula is C14H12ClN3S. The third-order valence-electron chi connectivity index (χ3n) is 2.94. The molecule has 3 rings (SSSR count). The van der Waals surface area contributed by atoms with Crippen molar-refractivity contribution in [3.63, 3.8) is 0 Å². The van der Waals surface area contributed by atoms with Crippen LogP contribution in [0.3, 0.4) is 0 Å². The first-order valence-corrected chi connectivity index (χ1v) is 7.09. The van der Waals surface area contributed by atoms with Gasteiger partial charge in [-0.15, -0.1) is 11.3 Å². The molecule has 96 valence electrons. The molecule has 0 atom stereocenters. The minimum Gasteiger partial charge on any atom is -0.398 e. The Morgan fingerprint density at radius 2 is 2.16 bits per heavy atom. The summed E-state index contributed by atoms with van der Waals surface area (Å²) in [5, 5.41) is 2.73. The van der Waals surface area contributed by atoms with E-state index in [0.29, 0.717) is 17.3 Å². The number of benzene rings is 1. The van der Waals surface area contributed by atoms with Gasteiger partial charge in [-0.2, -0.15) is 0 Å². The van der Waals surface area contributed by atoms with Gasteiger partial charge in [0.15, 0.2) is 0 Å². The molecule has 0 amide bonds. The van der Waals surface area contributed by atoms with E-state index in [1.165, 1.54) is 0 Å². The van der Waals surface area contributed by atoms with Gasteiger partial charge in [-0.05, 0) is 23.6 Å². The van der Waals surface area contributed by atoms with Gasteiger partial charge in [0.05, 0.1) is 11.4 Å². The van der Waals surface area contributed by atoms with Crippen LogP contribution in [0.5, 0.6) is 0 Å². The molecule has 2 aromatic heterocycles. The fourth-order valence-corrected chi connectivity index (χ4v) is 2.96. The van der Waals surface area contributed by atoms with Gasteiger partial charge in [0.2, 0.25) is 0 Å². The lowest BCUT2D eigenvalue weighted by Crippen LogP contribution is -2.04. The van der Waals surface area contributed by atoms with Crippen LogP contribution in [0, 0.1) is 0 Å². The average molecular weight is 290 g/mol. The molecule has 2 N–H and O–H groups in total. The zero-order valence-corrected chi connectivity index (χ0v) is 11.7. The van der Waals surface area contributed by atoms with Crippen molar-refractivity contribution in [1.82, 2.24) is 9.55 Å². The highest BCUT2D eigenvalue weighted by molar-refractivity contribution is 7.13. The molecule has 0 aliphatic heterocycles. The lowest BCUT2D eigenvalue weighted by Gasteiger charge is -2.10. The Labute approximate surface area is 120 Å². The SMILES string of the molecule is Nc1cccc(Cl)c1Cn1ccnc1-c1cccs1. The fraction of sp³-hybridized carbons (Fsp3) is 0.0714. The van der Waals surface area contributed by atoms with Gasteiger partial charge in [-0.1, -0.05) is 23.7 Å². The number of nitrogens with zero attached hydrogens (tertiary/aromatic N) is 2. The number of nitrogens with two attached hydrogens (primary N) is 1. The highest BCUT2D eigenvalue weighted by Crippen LogP contribution is 2.27. The molecule has 0 saturated heterocycles. The van der Waals surface area contributed by atoms with Crippen LogP contribution >= 0.6 is 22.9 Å². The maximum Gasteiger partial charge on any atom is 0.150 e. The van der Waals surface area contributed by atoms with Crippen molar-refractivity contribution < 1.29 is 0 Å². The predicted octanol–water partition coefficient (Wildman–Crippen LogP) is 3.90. The van der Waals surface area contributed by atoms with Crippen LogP contribution in [-0.2, 0) is 6.54 Å². The Balaban J connectivity index is 1.99. The van der Waals surface area contributed by atoms with Gasteiger partial charge < -0.3 is 10.3 Å². The number of halogens is 1. The highest BCUT2D eigenvalue weighted by Gasteiger charge is 2.10. The number of thiophene rings is 1. The van der Waals surface area contributed by atoms with Crippen molar-refractivity contribution in [2.75, 3.05) is 5.73 Å². The molecule has 0 bridgehead atoms. The maximum absolute atomic E-state index is 6.21. The molecule has 19 heavy (non-hydrogen) atoms. The molecule has 2 heterocycles. The number of hydrogen-bond donors (Lipinski definition) is 1. The van der Waals surface area contributed by atoms with E-state index in [-0.39, 0.29) is 0 Å². The molecule has 5 heteroatoms. The Kier molecular flexibility index (Phi) is 3.27. The molecule has 3 aromatic rings. The first-order valence-electron chi connectivity index (χ1n) is 5.83. The Bertz CT molecular complexity index is 668. The van der Waals surface area contributed by atoms with Crippen molar-refractivity contribution in [1.29, 1.82) is 0 Å². The number of aromatic nitrogens is 2. The number of hydrogen-bond acceptors (Lipinski definition) is 3. The normalized spacial score (nSPS) is 10.8. The second kappa shape index (κ2) is 5.07. The van der Waals surface area contributed by atoms with Gasteiger partial charge in [0, 0.05) is 28.7 Å². The first kappa shape index (κ1) is 12.3. The number of rotatable bonds is 3. The van der Waals surface area contributed by atoms with E-state index in [4.69, 9.17) is 17.3 Å². The lowest BCUT2D eigenvalue weighted by atomic mass is 10.2. The monoisotopic (exact) mass is 289 g/mol. The highest BCUT2D eigenvalue weighted by atomic mass is 35.5. The van der Waals surface area contributed by atoms with Crippen LogP contribution in [-0.4, -0.2) is 9.55 Å². The Morgan fingerprint density at radius 3 is 2.89 bits per heavy atom. The molecule has 0 radical (unpaired) electrons. The van der Waals surface area contributed by atoms with Gasteiger partial charge in [-0.3, -0.25) is 0 Å². The molecule has 0 saturated carbocycles. The first-order chi connectivity index (χ1) is 9.25. The summed E-state index contributed by atoms with van der Waals surface area (Å²) in [7, 11) is 0. The minimum atomic E-state index is 0.624. The lowest BCUT2D eigenvalue weighted by molar-refractivity contribution is 0.811. The van der Waals surface area contributed by atoms with E-state index in [0.717, 1.165) is 16.3 Å². The van der Waals surface area contributed by atoms with Crippen molar-refractivity contribution in [3.05, 3.63) is 58.7 Å². The molecule has 0 fully saturated rings. The number of nitrogen functional groups attached to an aromatic ring is 1. The summed E-state index contributed by atoms with van der Waals surface area (Å²) in [4.78, 5) is 5.54. The smallest absolute Gasteiger partial charge is 0.150 e. The van der Waals surface area contributed by atoms with Crippen molar-refractivity contribution in [2.24, 2.45) is 0 Å². The van der Waals surface area contributed by atoms with Crippen molar-refractivity contribution in [2.45, 2.75) is 6.54 Å². The van der Waals surface area contributed by atoms with Crippen LogP contribution in [0.25, 0.3) is 10.7 Å².